The van der Waals surface area contributed by atoms with Gasteiger partial charge in [-0.25, -0.2) is 0 Å². The molecule has 3 aromatic rings. The first-order chi connectivity index (χ1) is 11.4. The van der Waals surface area contributed by atoms with Crippen molar-refractivity contribution in [2.24, 2.45) is 0 Å². The summed E-state index contributed by atoms with van der Waals surface area (Å²) in [6.07, 6.45) is 0. The maximum atomic E-state index is 12.3. The number of furan rings is 1. The molecule has 0 saturated heterocycles. The Balaban J connectivity index is 1.80. The molecule has 0 aliphatic carbocycles. The van der Waals surface area contributed by atoms with Crippen LogP contribution in [0, 0.1) is 0 Å². The van der Waals surface area contributed by atoms with Crippen molar-refractivity contribution in [3.8, 4) is 17.1 Å². The zero-order chi connectivity index (χ0) is 17.3. The van der Waals surface area contributed by atoms with Gasteiger partial charge in [0.15, 0.2) is 5.76 Å². The van der Waals surface area contributed by atoms with Gasteiger partial charge in [-0.1, -0.05) is 28.1 Å². The zero-order valence-electron chi connectivity index (χ0n) is 12.0. The third kappa shape index (κ3) is 3.74. The number of halogens is 3. The molecular formula is C17H10Br3NO3. The first-order valence-corrected chi connectivity index (χ1v) is 9.17. The minimum absolute atomic E-state index is 0.0727. The number of rotatable bonds is 3. The molecule has 24 heavy (non-hydrogen) atoms. The van der Waals surface area contributed by atoms with Gasteiger partial charge in [-0.2, -0.15) is 0 Å². The molecule has 4 nitrogen and oxygen atoms in total. The van der Waals surface area contributed by atoms with Gasteiger partial charge in [0.2, 0.25) is 0 Å². The van der Waals surface area contributed by atoms with Gasteiger partial charge in [-0.3, -0.25) is 4.79 Å². The van der Waals surface area contributed by atoms with E-state index in [0.717, 1.165) is 10.0 Å². The molecule has 0 atom stereocenters. The Morgan fingerprint density at radius 2 is 1.58 bits per heavy atom. The van der Waals surface area contributed by atoms with E-state index in [1.54, 1.807) is 24.3 Å². The molecule has 0 unspecified atom stereocenters. The smallest absolute Gasteiger partial charge is 0.291 e. The van der Waals surface area contributed by atoms with Crippen LogP contribution in [0.2, 0.25) is 0 Å². The van der Waals surface area contributed by atoms with E-state index in [1.165, 1.54) is 0 Å². The number of phenolic OH excluding ortho intramolecular Hbond substituents is 1. The normalized spacial score (nSPS) is 10.6. The number of hydrogen-bond donors (Lipinski definition) is 2. The van der Waals surface area contributed by atoms with Crippen molar-refractivity contribution in [3.05, 3.63) is 67.7 Å². The van der Waals surface area contributed by atoms with Crippen LogP contribution >= 0.6 is 47.8 Å². The van der Waals surface area contributed by atoms with Crippen LogP contribution in [0.5, 0.6) is 5.75 Å². The van der Waals surface area contributed by atoms with Crippen LogP contribution in [0.25, 0.3) is 11.3 Å². The van der Waals surface area contributed by atoms with Gasteiger partial charge in [-0.05, 0) is 68.3 Å². The number of anilines is 1. The number of amides is 1. The van der Waals surface area contributed by atoms with E-state index < -0.39 is 0 Å². The van der Waals surface area contributed by atoms with E-state index in [1.807, 2.05) is 24.3 Å². The lowest BCUT2D eigenvalue weighted by atomic mass is 10.2. The average Bonchev–Trinajstić information content (AvgIpc) is 3.03. The van der Waals surface area contributed by atoms with Crippen LogP contribution in [0.4, 0.5) is 5.69 Å². The summed E-state index contributed by atoms with van der Waals surface area (Å²) in [4.78, 5) is 12.3. The molecule has 0 bridgehead atoms. The molecule has 1 amide bonds. The maximum Gasteiger partial charge on any atom is 0.291 e. The lowest BCUT2D eigenvalue weighted by Crippen LogP contribution is -2.10. The Morgan fingerprint density at radius 1 is 0.958 bits per heavy atom. The Kier molecular flexibility index (Phi) is 5.12. The fourth-order valence-electron chi connectivity index (χ4n) is 2.06. The molecule has 0 aliphatic heterocycles. The van der Waals surface area contributed by atoms with Gasteiger partial charge in [0.1, 0.15) is 11.5 Å². The summed E-state index contributed by atoms with van der Waals surface area (Å²) in [7, 11) is 0. The van der Waals surface area contributed by atoms with Gasteiger partial charge >= 0.3 is 0 Å². The fourth-order valence-corrected chi connectivity index (χ4v) is 3.51. The lowest BCUT2D eigenvalue weighted by Gasteiger charge is -2.07. The molecule has 2 aromatic carbocycles. The fraction of sp³-hybridized carbons (Fsp3) is 0. The van der Waals surface area contributed by atoms with Crippen LogP contribution in [-0.4, -0.2) is 11.0 Å². The monoisotopic (exact) mass is 513 g/mol. The van der Waals surface area contributed by atoms with Gasteiger partial charge < -0.3 is 14.8 Å². The first-order valence-electron chi connectivity index (χ1n) is 6.79. The van der Waals surface area contributed by atoms with Crippen molar-refractivity contribution >= 4 is 59.4 Å². The molecule has 0 spiro atoms. The van der Waals surface area contributed by atoms with E-state index in [9.17, 15) is 9.90 Å². The highest BCUT2D eigenvalue weighted by molar-refractivity contribution is 9.11. The third-order valence-corrected chi connectivity index (χ3v) is 4.97. The van der Waals surface area contributed by atoms with Crippen molar-refractivity contribution < 1.29 is 14.3 Å². The van der Waals surface area contributed by atoms with Crippen LogP contribution in [0.15, 0.2) is 66.4 Å². The molecule has 2 N–H and O–H groups in total. The SMILES string of the molecule is O=C(Nc1cc(Br)c(O)c(Br)c1)c1ccc(-c2ccc(Br)cc2)o1. The van der Waals surface area contributed by atoms with Crippen molar-refractivity contribution in [2.45, 2.75) is 0 Å². The minimum Gasteiger partial charge on any atom is -0.506 e. The van der Waals surface area contributed by atoms with Crippen LogP contribution in [0.1, 0.15) is 10.6 Å². The lowest BCUT2D eigenvalue weighted by molar-refractivity contribution is 0.0997. The summed E-state index contributed by atoms with van der Waals surface area (Å²) in [5.74, 6) is 0.514. The van der Waals surface area contributed by atoms with E-state index in [2.05, 4.69) is 53.1 Å². The summed E-state index contributed by atoms with van der Waals surface area (Å²) in [5, 5.41) is 12.4. The van der Waals surface area contributed by atoms with Crippen LogP contribution in [0.3, 0.4) is 0 Å². The second-order valence-electron chi connectivity index (χ2n) is 4.91. The van der Waals surface area contributed by atoms with E-state index in [4.69, 9.17) is 4.42 Å². The highest BCUT2D eigenvalue weighted by atomic mass is 79.9. The predicted molar refractivity (Wildman–Crippen MR) is 103 cm³/mol. The molecular weight excluding hydrogens is 506 g/mol. The highest BCUT2D eigenvalue weighted by Gasteiger charge is 2.14. The van der Waals surface area contributed by atoms with Crippen LogP contribution < -0.4 is 5.32 Å². The topological polar surface area (TPSA) is 62.5 Å². The van der Waals surface area contributed by atoms with Gasteiger partial charge in [-0.15, -0.1) is 0 Å². The zero-order valence-corrected chi connectivity index (χ0v) is 16.8. The summed E-state index contributed by atoms with van der Waals surface area (Å²) in [6.45, 7) is 0. The van der Waals surface area contributed by atoms with Crippen LogP contribution in [-0.2, 0) is 0 Å². The molecule has 0 saturated carbocycles. The van der Waals surface area contributed by atoms with Gasteiger partial charge in [0, 0.05) is 15.7 Å². The number of phenols is 1. The number of aromatic hydroxyl groups is 1. The number of hydrogen-bond acceptors (Lipinski definition) is 3. The summed E-state index contributed by atoms with van der Waals surface area (Å²) >= 11 is 9.83. The van der Waals surface area contributed by atoms with Crippen molar-refractivity contribution in [3.63, 3.8) is 0 Å². The van der Waals surface area contributed by atoms with Gasteiger partial charge in [0.25, 0.3) is 5.91 Å². The molecule has 7 heteroatoms. The molecule has 0 fully saturated rings. The Hall–Kier alpha value is -1.57. The molecule has 0 aliphatic rings. The quantitative estimate of drug-likeness (QED) is 0.409. The molecule has 122 valence electrons. The summed E-state index contributed by atoms with van der Waals surface area (Å²) < 4.78 is 7.55. The largest absolute Gasteiger partial charge is 0.506 e. The van der Waals surface area contributed by atoms with Gasteiger partial charge in [0.05, 0.1) is 8.95 Å². The average molecular weight is 516 g/mol. The Morgan fingerprint density at radius 3 is 2.21 bits per heavy atom. The standard InChI is InChI=1S/C17H10Br3NO3/c18-10-3-1-9(2-4-10)14-5-6-15(24-14)17(23)21-11-7-12(19)16(22)13(20)8-11/h1-8,22H,(H,21,23). The van der Waals surface area contributed by atoms with Crippen molar-refractivity contribution in [2.75, 3.05) is 5.32 Å². The number of benzene rings is 2. The number of carbonyl (C=O) groups is 1. The molecule has 3 rings (SSSR count). The van der Waals surface area contributed by atoms with Crippen molar-refractivity contribution in [1.82, 2.24) is 0 Å². The third-order valence-electron chi connectivity index (χ3n) is 3.23. The number of carbonyl (C=O) groups excluding carboxylic acids is 1. The second kappa shape index (κ2) is 7.13. The van der Waals surface area contributed by atoms with Crippen molar-refractivity contribution in [1.29, 1.82) is 0 Å². The number of nitrogens with one attached hydrogen (secondary N) is 1. The highest BCUT2D eigenvalue weighted by Crippen LogP contribution is 2.35. The van der Waals surface area contributed by atoms with E-state index in [0.29, 0.717) is 20.4 Å². The van der Waals surface area contributed by atoms with E-state index >= 15 is 0 Å². The molecule has 1 heterocycles. The summed E-state index contributed by atoms with van der Waals surface area (Å²) in [6, 6.07) is 14.2. The molecule has 0 radical (unpaired) electrons. The Labute approximate surface area is 163 Å². The minimum atomic E-state index is -0.372. The first kappa shape index (κ1) is 17.3. The van der Waals surface area contributed by atoms with E-state index in [-0.39, 0.29) is 17.4 Å². The maximum absolute atomic E-state index is 12.3. The predicted octanol–water partition coefficient (Wildman–Crippen LogP) is 6.19. The second-order valence-corrected chi connectivity index (χ2v) is 7.54. The Bertz CT molecular complexity index is 881. The molecule has 1 aromatic heterocycles. The summed E-state index contributed by atoms with van der Waals surface area (Å²) in [5.41, 5.74) is 1.41.